The third-order valence-corrected chi connectivity index (χ3v) is 6.34. The first-order valence-electron chi connectivity index (χ1n) is 12.0. The standard InChI is InChI=1S/C30H30N2O4/c1-21-8-6-11-27(22(21)2)35-16-7-17-36-28-13-12-23(19-29(28)34-3)18-25(20-31)30(33)32-15-14-24-9-4-5-10-26(24)32/h4-6,8-13,18-19H,7,14-17H2,1-3H3/b25-18+. The van der Waals surface area contributed by atoms with E-state index in [9.17, 15) is 10.1 Å². The summed E-state index contributed by atoms with van der Waals surface area (Å²) < 4.78 is 17.3. The van der Waals surface area contributed by atoms with Gasteiger partial charge in [-0.15, -0.1) is 0 Å². The van der Waals surface area contributed by atoms with E-state index >= 15 is 0 Å². The second-order valence-corrected chi connectivity index (χ2v) is 8.66. The van der Waals surface area contributed by atoms with Gasteiger partial charge in [-0.05, 0) is 72.9 Å². The molecule has 6 heteroatoms. The summed E-state index contributed by atoms with van der Waals surface area (Å²) in [6.45, 7) is 5.70. The topological polar surface area (TPSA) is 71.8 Å². The number of para-hydroxylation sites is 1. The van der Waals surface area contributed by atoms with E-state index in [1.807, 2.05) is 42.5 Å². The summed E-state index contributed by atoms with van der Waals surface area (Å²) in [5, 5.41) is 9.69. The Kier molecular flexibility index (Phi) is 7.92. The summed E-state index contributed by atoms with van der Waals surface area (Å²) in [6.07, 6.45) is 3.09. The van der Waals surface area contributed by atoms with Crippen molar-refractivity contribution in [2.24, 2.45) is 0 Å². The number of hydrogen-bond donors (Lipinski definition) is 0. The molecule has 0 N–H and O–H groups in total. The number of amides is 1. The molecule has 0 aliphatic carbocycles. The molecular formula is C30H30N2O4. The average Bonchev–Trinajstić information content (AvgIpc) is 3.33. The number of carbonyl (C=O) groups excluding carboxylic acids is 1. The normalized spacial score (nSPS) is 12.6. The van der Waals surface area contributed by atoms with Crippen molar-refractivity contribution < 1.29 is 19.0 Å². The van der Waals surface area contributed by atoms with Gasteiger partial charge in [-0.3, -0.25) is 4.79 Å². The lowest BCUT2D eigenvalue weighted by Crippen LogP contribution is -2.29. The van der Waals surface area contributed by atoms with Crippen LogP contribution in [0.2, 0.25) is 0 Å². The van der Waals surface area contributed by atoms with Crippen LogP contribution >= 0.6 is 0 Å². The van der Waals surface area contributed by atoms with Gasteiger partial charge >= 0.3 is 0 Å². The maximum Gasteiger partial charge on any atom is 0.268 e. The fourth-order valence-corrected chi connectivity index (χ4v) is 4.20. The number of rotatable bonds is 9. The van der Waals surface area contributed by atoms with Gasteiger partial charge in [0.15, 0.2) is 11.5 Å². The highest BCUT2D eigenvalue weighted by Crippen LogP contribution is 2.31. The van der Waals surface area contributed by atoms with Crippen LogP contribution in [0.15, 0.2) is 66.2 Å². The minimum Gasteiger partial charge on any atom is -0.493 e. The molecule has 0 bridgehead atoms. The Bertz CT molecular complexity index is 1320. The highest BCUT2D eigenvalue weighted by atomic mass is 16.5. The van der Waals surface area contributed by atoms with Gasteiger partial charge < -0.3 is 19.1 Å². The molecule has 0 unspecified atom stereocenters. The number of methoxy groups -OCH3 is 1. The lowest BCUT2D eigenvalue weighted by atomic mass is 10.1. The minimum absolute atomic E-state index is 0.0750. The number of anilines is 1. The maximum absolute atomic E-state index is 13.1. The summed E-state index contributed by atoms with van der Waals surface area (Å²) in [4.78, 5) is 14.7. The van der Waals surface area contributed by atoms with Gasteiger partial charge in [-0.2, -0.15) is 5.26 Å². The zero-order valence-electron chi connectivity index (χ0n) is 20.9. The number of hydrogen-bond acceptors (Lipinski definition) is 5. The van der Waals surface area contributed by atoms with Gasteiger partial charge in [0.2, 0.25) is 0 Å². The van der Waals surface area contributed by atoms with Crippen LogP contribution < -0.4 is 19.1 Å². The zero-order valence-corrected chi connectivity index (χ0v) is 20.9. The third kappa shape index (κ3) is 5.52. The van der Waals surface area contributed by atoms with E-state index in [0.717, 1.165) is 29.0 Å². The number of nitriles is 1. The van der Waals surface area contributed by atoms with Gasteiger partial charge in [0.1, 0.15) is 17.4 Å². The molecule has 3 aromatic carbocycles. The van der Waals surface area contributed by atoms with Crippen LogP contribution in [0.5, 0.6) is 17.2 Å². The fourth-order valence-electron chi connectivity index (χ4n) is 4.20. The molecule has 0 aromatic heterocycles. The zero-order chi connectivity index (χ0) is 25.5. The van der Waals surface area contributed by atoms with Crippen LogP contribution in [0.1, 0.15) is 28.7 Å². The molecule has 184 valence electrons. The molecule has 1 aliphatic rings. The minimum atomic E-state index is -0.300. The van der Waals surface area contributed by atoms with Crippen molar-refractivity contribution in [2.45, 2.75) is 26.7 Å². The first-order valence-corrected chi connectivity index (χ1v) is 12.0. The molecular weight excluding hydrogens is 452 g/mol. The van der Waals surface area contributed by atoms with E-state index in [4.69, 9.17) is 14.2 Å². The van der Waals surface area contributed by atoms with E-state index in [1.165, 1.54) is 5.56 Å². The van der Waals surface area contributed by atoms with Gasteiger partial charge in [0, 0.05) is 18.7 Å². The van der Waals surface area contributed by atoms with Crippen molar-refractivity contribution in [1.29, 1.82) is 5.26 Å². The molecule has 1 aliphatic heterocycles. The molecule has 0 saturated carbocycles. The van der Waals surface area contributed by atoms with E-state index < -0.39 is 0 Å². The number of aryl methyl sites for hydroxylation is 1. The monoisotopic (exact) mass is 482 g/mol. The third-order valence-electron chi connectivity index (χ3n) is 6.34. The molecule has 1 heterocycles. The molecule has 0 radical (unpaired) electrons. The smallest absolute Gasteiger partial charge is 0.268 e. The molecule has 0 fully saturated rings. The van der Waals surface area contributed by atoms with E-state index in [1.54, 1.807) is 30.2 Å². The summed E-state index contributed by atoms with van der Waals surface area (Å²) in [6, 6.07) is 21.3. The van der Waals surface area contributed by atoms with Crippen LogP contribution in [0, 0.1) is 25.2 Å². The van der Waals surface area contributed by atoms with Crippen molar-refractivity contribution in [3.8, 4) is 23.3 Å². The van der Waals surface area contributed by atoms with Crippen LogP contribution in [0.25, 0.3) is 6.08 Å². The number of ether oxygens (including phenoxy) is 3. The predicted octanol–water partition coefficient (Wildman–Crippen LogP) is 5.66. The van der Waals surface area contributed by atoms with Gasteiger partial charge in [0.25, 0.3) is 5.91 Å². The predicted molar refractivity (Wildman–Crippen MR) is 141 cm³/mol. The quantitative estimate of drug-likeness (QED) is 0.224. The first kappa shape index (κ1) is 24.9. The Hall–Kier alpha value is -4.24. The van der Waals surface area contributed by atoms with Crippen LogP contribution in [0.4, 0.5) is 5.69 Å². The Morgan fingerprint density at radius 3 is 2.56 bits per heavy atom. The lowest BCUT2D eigenvalue weighted by molar-refractivity contribution is -0.114. The van der Waals surface area contributed by atoms with Crippen LogP contribution in [-0.4, -0.2) is 32.8 Å². The Morgan fingerprint density at radius 2 is 1.78 bits per heavy atom. The van der Waals surface area contributed by atoms with Crippen molar-refractivity contribution in [2.75, 3.05) is 31.8 Å². The number of carbonyl (C=O) groups is 1. The Morgan fingerprint density at radius 1 is 1.00 bits per heavy atom. The largest absolute Gasteiger partial charge is 0.493 e. The van der Waals surface area contributed by atoms with Crippen molar-refractivity contribution in [1.82, 2.24) is 0 Å². The molecule has 1 amide bonds. The van der Waals surface area contributed by atoms with Crippen LogP contribution in [0.3, 0.4) is 0 Å². The Balaban J connectivity index is 1.38. The highest BCUT2D eigenvalue weighted by molar-refractivity contribution is 6.12. The molecule has 0 spiro atoms. The van der Waals surface area contributed by atoms with Crippen LogP contribution in [-0.2, 0) is 11.2 Å². The highest BCUT2D eigenvalue weighted by Gasteiger charge is 2.26. The number of fused-ring (bicyclic) bond motifs is 1. The van der Waals surface area contributed by atoms with E-state index in [0.29, 0.717) is 43.2 Å². The molecule has 36 heavy (non-hydrogen) atoms. The second kappa shape index (κ2) is 11.5. The van der Waals surface area contributed by atoms with Crippen molar-refractivity contribution in [3.05, 3.63) is 88.5 Å². The molecule has 0 saturated heterocycles. The van der Waals surface area contributed by atoms with Gasteiger partial charge in [-0.1, -0.05) is 36.4 Å². The second-order valence-electron chi connectivity index (χ2n) is 8.66. The number of nitrogens with zero attached hydrogens (tertiary/aromatic N) is 2. The molecule has 6 nitrogen and oxygen atoms in total. The summed E-state index contributed by atoms with van der Waals surface area (Å²) in [5.41, 5.74) is 5.10. The number of benzene rings is 3. The first-order chi connectivity index (χ1) is 17.5. The maximum atomic E-state index is 13.1. The van der Waals surface area contributed by atoms with E-state index in [-0.39, 0.29) is 11.5 Å². The molecule has 0 atom stereocenters. The fraction of sp³-hybridized carbons (Fsp3) is 0.267. The van der Waals surface area contributed by atoms with Gasteiger partial charge in [-0.25, -0.2) is 0 Å². The summed E-state index contributed by atoms with van der Waals surface area (Å²) >= 11 is 0. The lowest BCUT2D eigenvalue weighted by Gasteiger charge is -2.16. The van der Waals surface area contributed by atoms with Crippen molar-refractivity contribution >= 4 is 17.7 Å². The van der Waals surface area contributed by atoms with E-state index in [2.05, 4.69) is 26.0 Å². The molecule has 3 aromatic rings. The van der Waals surface area contributed by atoms with Crippen molar-refractivity contribution in [3.63, 3.8) is 0 Å². The Labute approximate surface area is 212 Å². The van der Waals surface area contributed by atoms with Gasteiger partial charge in [0.05, 0.1) is 20.3 Å². The summed E-state index contributed by atoms with van der Waals surface area (Å²) in [7, 11) is 1.57. The summed E-state index contributed by atoms with van der Waals surface area (Å²) in [5.74, 6) is 1.73. The molecule has 4 rings (SSSR count). The average molecular weight is 483 g/mol. The SMILES string of the molecule is COc1cc(/C=C(\C#N)C(=O)N2CCc3ccccc32)ccc1OCCCOc1cccc(C)c1C.